The zero-order valence-electron chi connectivity index (χ0n) is 15.2. The van der Waals surface area contributed by atoms with Crippen molar-refractivity contribution in [2.24, 2.45) is 0 Å². The van der Waals surface area contributed by atoms with E-state index < -0.39 is 0 Å². The van der Waals surface area contributed by atoms with Crippen LogP contribution >= 0.6 is 23.2 Å². The van der Waals surface area contributed by atoms with Crippen LogP contribution in [0.5, 0.6) is 5.75 Å². The second-order valence-electron chi connectivity index (χ2n) is 6.54. The molecule has 4 rings (SSSR count). The first-order valence-corrected chi connectivity index (χ1v) is 9.82. The van der Waals surface area contributed by atoms with Gasteiger partial charge in [-0.05, 0) is 58.8 Å². The van der Waals surface area contributed by atoms with Gasteiger partial charge in [-0.3, -0.25) is 0 Å². The summed E-state index contributed by atoms with van der Waals surface area (Å²) in [6.07, 6.45) is 0. The van der Waals surface area contributed by atoms with Gasteiger partial charge in [-0.15, -0.1) is 0 Å². The molecule has 0 heterocycles. The first-order valence-electron chi connectivity index (χ1n) is 9.06. The van der Waals surface area contributed by atoms with E-state index in [0.717, 1.165) is 22.6 Å². The van der Waals surface area contributed by atoms with Crippen LogP contribution in [0, 0.1) is 0 Å². The summed E-state index contributed by atoms with van der Waals surface area (Å²) in [5.74, 6) is 0.818. The van der Waals surface area contributed by atoms with Gasteiger partial charge in [0.2, 0.25) is 0 Å². The largest absolute Gasteiger partial charge is 0.489 e. The minimum absolute atomic E-state index is 0.497. The van der Waals surface area contributed by atoms with Crippen LogP contribution < -0.4 is 10.1 Å². The van der Waals surface area contributed by atoms with Gasteiger partial charge in [-0.2, -0.15) is 0 Å². The maximum Gasteiger partial charge on any atom is 0.124 e. The molecule has 28 heavy (non-hydrogen) atoms. The Hall–Kier alpha value is -2.68. The smallest absolute Gasteiger partial charge is 0.124 e. The summed E-state index contributed by atoms with van der Waals surface area (Å²) in [6.45, 7) is 1.10. The maximum absolute atomic E-state index is 6.21. The Morgan fingerprint density at radius 2 is 1.46 bits per heavy atom. The standard InChI is InChI=1S/C24H19Cl2NO/c25-20-8-11-22(12-9-20)27-15-19-14-21(26)10-13-24(19)28-16-18-6-3-5-17-4-1-2-7-23(17)18/h1-14,27H,15-16H2. The average molecular weight is 408 g/mol. The molecule has 2 nitrogen and oxygen atoms in total. The zero-order chi connectivity index (χ0) is 19.3. The molecule has 0 aliphatic heterocycles. The average Bonchev–Trinajstić information content (AvgIpc) is 2.72. The van der Waals surface area contributed by atoms with Gasteiger partial charge < -0.3 is 10.1 Å². The van der Waals surface area contributed by atoms with Crippen LogP contribution in [0.4, 0.5) is 5.69 Å². The molecule has 0 unspecified atom stereocenters. The molecular weight excluding hydrogens is 389 g/mol. The van der Waals surface area contributed by atoms with E-state index in [9.17, 15) is 0 Å². The summed E-state index contributed by atoms with van der Waals surface area (Å²) in [5, 5.41) is 7.21. The number of nitrogens with one attached hydrogen (secondary N) is 1. The lowest BCUT2D eigenvalue weighted by molar-refractivity contribution is 0.305. The Balaban J connectivity index is 1.52. The first kappa shape index (κ1) is 18.7. The summed E-state index contributed by atoms with van der Waals surface area (Å²) in [6, 6.07) is 27.9. The van der Waals surface area contributed by atoms with Crippen molar-refractivity contribution >= 4 is 39.7 Å². The fourth-order valence-corrected chi connectivity index (χ4v) is 3.49. The van der Waals surface area contributed by atoms with Crippen LogP contribution in [0.25, 0.3) is 10.8 Å². The molecule has 0 aromatic heterocycles. The third-order valence-electron chi connectivity index (χ3n) is 4.61. The van der Waals surface area contributed by atoms with Crippen molar-refractivity contribution in [1.29, 1.82) is 0 Å². The lowest BCUT2D eigenvalue weighted by Crippen LogP contribution is -2.04. The number of hydrogen-bond acceptors (Lipinski definition) is 2. The Morgan fingerprint density at radius 1 is 0.714 bits per heavy atom. The maximum atomic E-state index is 6.21. The fraction of sp³-hybridized carbons (Fsp3) is 0.0833. The number of fused-ring (bicyclic) bond motifs is 1. The van der Waals surface area contributed by atoms with E-state index in [4.69, 9.17) is 27.9 Å². The normalized spacial score (nSPS) is 10.8. The van der Waals surface area contributed by atoms with Crippen LogP contribution in [0.15, 0.2) is 84.9 Å². The Kier molecular flexibility index (Phi) is 5.70. The van der Waals surface area contributed by atoms with E-state index in [-0.39, 0.29) is 0 Å². The van der Waals surface area contributed by atoms with Crippen molar-refractivity contribution in [3.63, 3.8) is 0 Å². The molecule has 4 aromatic rings. The molecule has 1 N–H and O–H groups in total. The Morgan fingerprint density at radius 3 is 2.32 bits per heavy atom. The van der Waals surface area contributed by atoms with Gasteiger partial charge in [0.15, 0.2) is 0 Å². The Bertz CT molecular complexity index is 1090. The fourth-order valence-electron chi connectivity index (χ4n) is 3.17. The minimum Gasteiger partial charge on any atom is -0.489 e. The number of rotatable bonds is 6. The predicted octanol–water partition coefficient (Wildman–Crippen LogP) is 7.34. The zero-order valence-corrected chi connectivity index (χ0v) is 16.7. The monoisotopic (exact) mass is 407 g/mol. The molecular formula is C24H19Cl2NO. The van der Waals surface area contributed by atoms with Crippen molar-refractivity contribution in [3.8, 4) is 5.75 Å². The predicted molar refractivity (Wildman–Crippen MR) is 119 cm³/mol. The van der Waals surface area contributed by atoms with Gasteiger partial charge in [0.1, 0.15) is 12.4 Å². The van der Waals surface area contributed by atoms with Gasteiger partial charge in [0.05, 0.1) is 0 Å². The SMILES string of the molecule is Clc1ccc(NCc2cc(Cl)ccc2OCc2cccc3ccccc23)cc1. The summed E-state index contributed by atoms with van der Waals surface area (Å²) in [5.41, 5.74) is 3.15. The highest BCUT2D eigenvalue weighted by Crippen LogP contribution is 2.27. The second-order valence-corrected chi connectivity index (χ2v) is 7.41. The van der Waals surface area contributed by atoms with Crippen molar-refractivity contribution in [1.82, 2.24) is 0 Å². The second kappa shape index (κ2) is 8.55. The highest BCUT2D eigenvalue weighted by atomic mass is 35.5. The summed E-state index contributed by atoms with van der Waals surface area (Å²) < 4.78 is 6.17. The molecule has 0 spiro atoms. The number of benzene rings is 4. The lowest BCUT2D eigenvalue weighted by Gasteiger charge is -2.14. The molecule has 0 amide bonds. The van der Waals surface area contributed by atoms with Crippen molar-refractivity contribution in [2.45, 2.75) is 13.2 Å². The van der Waals surface area contributed by atoms with Crippen LogP contribution in [0.1, 0.15) is 11.1 Å². The summed E-state index contributed by atoms with van der Waals surface area (Å²) in [4.78, 5) is 0. The van der Waals surface area contributed by atoms with E-state index in [2.05, 4.69) is 41.7 Å². The number of hydrogen-bond donors (Lipinski definition) is 1. The van der Waals surface area contributed by atoms with E-state index in [1.165, 1.54) is 10.8 Å². The van der Waals surface area contributed by atoms with E-state index in [0.29, 0.717) is 23.2 Å². The van der Waals surface area contributed by atoms with E-state index >= 15 is 0 Å². The van der Waals surface area contributed by atoms with Crippen molar-refractivity contribution in [2.75, 3.05) is 5.32 Å². The quantitative estimate of drug-likeness (QED) is 0.360. The van der Waals surface area contributed by atoms with Crippen LogP contribution in [-0.4, -0.2) is 0 Å². The molecule has 0 atom stereocenters. The molecule has 0 saturated heterocycles. The Labute approximate surface area is 174 Å². The molecule has 0 aliphatic carbocycles. The van der Waals surface area contributed by atoms with E-state index in [1.807, 2.05) is 48.5 Å². The van der Waals surface area contributed by atoms with Crippen LogP contribution in [-0.2, 0) is 13.2 Å². The number of ether oxygens (including phenoxy) is 1. The topological polar surface area (TPSA) is 21.3 Å². The first-order chi connectivity index (χ1) is 13.7. The van der Waals surface area contributed by atoms with Gasteiger partial charge in [0, 0.05) is 27.8 Å². The van der Waals surface area contributed by atoms with Gasteiger partial charge in [0.25, 0.3) is 0 Å². The van der Waals surface area contributed by atoms with Crippen molar-refractivity contribution in [3.05, 3.63) is 106 Å². The third-order valence-corrected chi connectivity index (χ3v) is 5.10. The summed E-state index contributed by atoms with van der Waals surface area (Å²) in [7, 11) is 0. The van der Waals surface area contributed by atoms with Crippen molar-refractivity contribution < 1.29 is 4.74 Å². The van der Waals surface area contributed by atoms with Gasteiger partial charge >= 0.3 is 0 Å². The minimum atomic E-state index is 0.497. The molecule has 0 saturated carbocycles. The highest BCUT2D eigenvalue weighted by molar-refractivity contribution is 6.31. The summed E-state index contributed by atoms with van der Waals surface area (Å²) >= 11 is 12.2. The molecule has 0 aliphatic rings. The molecule has 0 radical (unpaired) electrons. The molecule has 4 heteroatoms. The van der Waals surface area contributed by atoms with Crippen LogP contribution in [0.2, 0.25) is 10.0 Å². The number of halogens is 2. The lowest BCUT2D eigenvalue weighted by atomic mass is 10.1. The van der Waals surface area contributed by atoms with Crippen LogP contribution in [0.3, 0.4) is 0 Å². The molecule has 0 fully saturated rings. The molecule has 0 bridgehead atoms. The molecule has 4 aromatic carbocycles. The van der Waals surface area contributed by atoms with Gasteiger partial charge in [-0.1, -0.05) is 65.7 Å². The highest BCUT2D eigenvalue weighted by Gasteiger charge is 2.07. The van der Waals surface area contributed by atoms with Gasteiger partial charge in [-0.25, -0.2) is 0 Å². The van der Waals surface area contributed by atoms with E-state index in [1.54, 1.807) is 0 Å². The number of anilines is 1. The molecule has 140 valence electrons. The third kappa shape index (κ3) is 4.41.